The maximum atomic E-state index is 12.0. The van der Waals surface area contributed by atoms with E-state index in [1.54, 1.807) is 14.2 Å². The summed E-state index contributed by atoms with van der Waals surface area (Å²) in [5, 5.41) is 16.4. The molecule has 0 saturated heterocycles. The highest BCUT2D eigenvalue weighted by atomic mass is 16.6. The van der Waals surface area contributed by atoms with E-state index in [1.807, 2.05) is 0 Å². The van der Waals surface area contributed by atoms with Gasteiger partial charge in [0.15, 0.2) is 0 Å². The highest BCUT2D eigenvalue weighted by Gasteiger charge is 2.21. The first-order valence-corrected chi connectivity index (χ1v) is 6.69. The van der Waals surface area contributed by atoms with E-state index in [0.29, 0.717) is 19.0 Å². The molecule has 1 aromatic rings. The number of ether oxygens (including phenoxy) is 1. The van der Waals surface area contributed by atoms with Crippen molar-refractivity contribution in [2.24, 2.45) is 0 Å². The first kappa shape index (κ1) is 16.8. The molecular formula is C13H20N4O4. The van der Waals surface area contributed by atoms with Gasteiger partial charge in [-0.15, -0.1) is 0 Å². The summed E-state index contributed by atoms with van der Waals surface area (Å²) in [5.74, 6) is -0.0572. The number of hydrogen-bond acceptors (Lipinski definition) is 6. The minimum Gasteiger partial charge on any atom is -0.385 e. The lowest BCUT2D eigenvalue weighted by molar-refractivity contribution is -0.385. The largest absolute Gasteiger partial charge is 0.385 e. The number of anilines is 1. The standard InChI is InChI=1S/C13H20N4O4/c1-14-12-8-10(11(9-16-12)17(19)20)13(18)15-6-4-3-5-7-21-2/h8-9H,3-7H2,1-2H3,(H,14,16)(H,15,18). The number of nitrogens with one attached hydrogen (secondary N) is 2. The van der Waals surface area contributed by atoms with Gasteiger partial charge in [-0.3, -0.25) is 14.9 Å². The first-order valence-electron chi connectivity index (χ1n) is 6.69. The zero-order valence-electron chi connectivity index (χ0n) is 12.2. The molecule has 1 amide bonds. The minimum atomic E-state index is -0.611. The third kappa shape index (κ3) is 5.35. The van der Waals surface area contributed by atoms with Crippen LogP contribution >= 0.6 is 0 Å². The smallest absolute Gasteiger partial charge is 0.300 e. The molecule has 8 nitrogen and oxygen atoms in total. The quantitative estimate of drug-likeness (QED) is 0.407. The predicted molar refractivity (Wildman–Crippen MR) is 78.5 cm³/mol. The van der Waals surface area contributed by atoms with Gasteiger partial charge in [-0.05, 0) is 19.3 Å². The lowest BCUT2D eigenvalue weighted by Gasteiger charge is -2.07. The van der Waals surface area contributed by atoms with Gasteiger partial charge in [0.1, 0.15) is 17.6 Å². The van der Waals surface area contributed by atoms with Crippen molar-refractivity contribution in [2.45, 2.75) is 19.3 Å². The zero-order chi connectivity index (χ0) is 15.7. The van der Waals surface area contributed by atoms with Crippen LogP contribution in [0.5, 0.6) is 0 Å². The van der Waals surface area contributed by atoms with E-state index in [4.69, 9.17) is 4.74 Å². The molecule has 0 aromatic carbocycles. The van der Waals surface area contributed by atoms with Gasteiger partial charge < -0.3 is 15.4 Å². The van der Waals surface area contributed by atoms with Crippen LogP contribution in [0, 0.1) is 10.1 Å². The van der Waals surface area contributed by atoms with Crippen molar-refractivity contribution >= 4 is 17.4 Å². The molecule has 1 aromatic heterocycles. The predicted octanol–water partition coefficient (Wildman–Crippen LogP) is 1.58. The molecule has 2 N–H and O–H groups in total. The van der Waals surface area contributed by atoms with Crippen LogP contribution in [0.1, 0.15) is 29.6 Å². The second-order valence-corrected chi connectivity index (χ2v) is 4.40. The highest BCUT2D eigenvalue weighted by Crippen LogP contribution is 2.19. The summed E-state index contributed by atoms with van der Waals surface area (Å²) in [6, 6.07) is 1.37. The number of rotatable bonds is 9. The molecule has 0 radical (unpaired) electrons. The molecule has 0 aliphatic rings. The average molecular weight is 296 g/mol. The number of carbonyl (C=O) groups is 1. The van der Waals surface area contributed by atoms with Crippen LogP contribution in [-0.2, 0) is 4.74 Å². The molecule has 1 rings (SSSR count). The number of methoxy groups -OCH3 is 1. The number of pyridine rings is 1. The summed E-state index contributed by atoms with van der Waals surface area (Å²) in [6.07, 6.45) is 3.73. The fraction of sp³-hybridized carbons (Fsp3) is 0.538. The number of aromatic nitrogens is 1. The van der Waals surface area contributed by atoms with E-state index < -0.39 is 10.8 Å². The molecule has 116 valence electrons. The molecule has 21 heavy (non-hydrogen) atoms. The van der Waals surface area contributed by atoms with Crippen LogP contribution in [0.2, 0.25) is 0 Å². The van der Waals surface area contributed by atoms with Gasteiger partial charge in [0, 0.05) is 33.4 Å². The Morgan fingerprint density at radius 2 is 2.19 bits per heavy atom. The van der Waals surface area contributed by atoms with Crippen molar-refractivity contribution in [2.75, 3.05) is 32.6 Å². The van der Waals surface area contributed by atoms with E-state index in [2.05, 4.69) is 15.6 Å². The Bertz CT molecular complexity index is 493. The third-order valence-electron chi connectivity index (χ3n) is 2.89. The van der Waals surface area contributed by atoms with Gasteiger partial charge >= 0.3 is 0 Å². The van der Waals surface area contributed by atoms with E-state index >= 15 is 0 Å². The fourth-order valence-corrected chi connectivity index (χ4v) is 1.76. The average Bonchev–Trinajstić information content (AvgIpc) is 2.49. The SMILES string of the molecule is CNc1cc(C(=O)NCCCCCOC)c([N+](=O)[O-])cn1. The Labute approximate surface area is 123 Å². The van der Waals surface area contributed by atoms with Crippen LogP contribution in [0.3, 0.4) is 0 Å². The zero-order valence-corrected chi connectivity index (χ0v) is 12.2. The summed E-state index contributed by atoms with van der Waals surface area (Å²) >= 11 is 0. The molecule has 0 aliphatic carbocycles. The lowest BCUT2D eigenvalue weighted by Crippen LogP contribution is -2.25. The van der Waals surface area contributed by atoms with Crippen molar-refractivity contribution in [3.05, 3.63) is 27.9 Å². The molecule has 0 bridgehead atoms. The summed E-state index contributed by atoms with van der Waals surface area (Å²) in [7, 11) is 3.27. The van der Waals surface area contributed by atoms with Gasteiger partial charge in [-0.25, -0.2) is 4.98 Å². The van der Waals surface area contributed by atoms with E-state index in [9.17, 15) is 14.9 Å². The Balaban J connectivity index is 2.61. The van der Waals surface area contributed by atoms with E-state index in [1.165, 1.54) is 6.07 Å². The molecule has 0 saturated carbocycles. The highest BCUT2D eigenvalue weighted by molar-refractivity contribution is 5.98. The van der Waals surface area contributed by atoms with E-state index in [0.717, 1.165) is 25.5 Å². The number of unbranched alkanes of at least 4 members (excludes halogenated alkanes) is 2. The third-order valence-corrected chi connectivity index (χ3v) is 2.89. The van der Waals surface area contributed by atoms with Crippen LogP contribution in [0.15, 0.2) is 12.3 Å². The summed E-state index contributed by atoms with van der Waals surface area (Å²) < 4.78 is 4.93. The van der Waals surface area contributed by atoms with Crippen molar-refractivity contribution in [3.63, 3.8) is 0 Å². The minimum absolute atomic E-state index is 0.0104. The van der Waals surface area contributed by atoms with Crippen LogP contribution < -0.4 is 10.6 Å². The van der Waals surface area contributed by atoms with Crippen LogP contribution in [0.25, 0.3) is 0 Å². The number of hydrogen-bond donors (Lipinski definition) is 2. The molecule has 0 atom stereocenters. The normalized spacial score (nSPS) is 10.2. The van der Waals surface area contributed by atoms with Crippen molar-refractivity contribution in [3.8, 4) is 0 Å². The number of nitrogens with zero attached hydrogens (tertiary/aromatic N) is 2. The molecule has 0 unspecified atom stereocenters. The van der Waals surface area contributed by atoms with E-state index in [-0.39, 0.29) is 11.3 Å². The Hall–Kier alpha value is -2.22. The van der Waals surface area contributed by atoms with Crippen molar-refractivity contribution in [1.82, 2.24) is 10.3 Å². The van der Waals surface area contributed by atoms with Crippen molar-refractivity contribution in [1.29, 1.82) is 0 Å². The Kier molecular flexibility index (Phi) is 7.10. The molecule has 1 heterocycles. The van der Waals surface area contributed by atoms with Crippen molar-refractivity contribution < 1.29 is 14.5 Å². The molecule has 8 heteroatoms. The first-order chi connectivity index (χ1) is 10.1. The maximum absolute atomic E-state index is 12.0. The van der Waals surface area contributed by atoms with Gasteiger partial charge in [-0.2, -0.15) is 0 Å². The van der Waals surface area contributed by atoms with Crippen LogP contribution in [0.4, 0.5) is 11.5 Å². The molecule has 0 aliphatic heterocycles. The molecule has 0 spiro atoms. The second-order valence-electron chi connectivity index (χ2n) is 4.40. The summed E-state index contributed by atoms with van der Waals surface area (Å²) in [6.45, 7) is 1.16. The summed E-state index contributed by atoms with van der Waals surface area (Å²) in [5.41, 5.74) is -0.290. The van der Waals surface area contributed by atoms with Gasteiger partial charge in [0.25, 0.3) is 11.6 Å². The molecule has 0 fully saturated rings. The summed E-state index contributed by atoms with van der Waals surface area (Å²) in [4.78, 5) is 26.2. The van der Waals surface area contributed by atoms with Gasteiger partial charge in [0.05, 0.1) is 4.92 Å². The topological polar surface area (TPSA) is 106 Å². The monoisotopic (exact) mass is 296 g/mol. The van der Waals surface area contributed by atoms with Gasteiger partial charge in [0.2, 0.25) is 0 Å². The number of nitro groups is 1. The van der Waals surface area contributed by atoms with Crippen LogP contribution in [-0.4, -0.2) is 43.1 Å². The Morgan fingerprint density at radius 3 is 2.81 bits per heavy atom. The number of amides is 1. The van der Waals surface area contributed by atoms with Gasteiger partial charge in [-0.1, -0.05) is 0 Å². The second kappa shape index (κ2) is 8.85. The molecular weight excluding hydrogens is 276 g/mol. The fourth-order valence-electron chi connectivity index (χ4n) is 1.76. The lowest BCUT2D eigenvalue weighted by atomic mass is 10.2. The number of carbonyl (C=O) groups excluding carboxylic acids is 1. The maximum Gasteiger partial charge on any atom is 0.300 e. The Morgan fingerprint density at radius 1 is 1.43 bits per heavy atom.